The van der Waals surface area contributed by atoms with Crippen molar-refractivity contribution >= 4 is 11.5 Å². The number of anilines is 1. The van der Waals surface area contributed by atoms with Crippen molar-refractivity contribution in [2.75, 3.05) is 25.1 Å². The Hall–Kier alpha value is -3.58. The van der Waals surface area contributed by atoms with Gasteiger partial charge in [0.05, 0.1) is 23.9 Å². The standard InChI is InChI=1S/C26H22N2O2/c1-30-18-11-9-17(10-12-18)21-15-23(28-13-5-2-6-14-28)22(16-27)25-24(21)19-7-3-4-8-20(19)26(25)29/h3-4,7-12,15H,2,5-6,13-14H2,1H3. The first-order valence-corrected chi connectivity index (χ1v) is 10.4. The van der Waals surface area contributed by atoms with Crippen molar-refractivity contribution in [2.45, 2.75) is 19.3 Å². The number of hydrogen-bond donors (Lipinski definition) is 0. The van der Waals surface area contributed by atoms with Gasteiger partial charge in [0, 0.05) is 24.2 Å². The van der Waals surface area contributed by atoms with E-state index < -0.39 is 0 Å². The molecule has 0 saturated carbocycles. The Morgan fingerprint density at radius 3 is 2.27 bits per heavy atom. The lowest BCUT2D eigenvalue weighted by molar-refractivity contribution is 0.104. The van der Waals surface area contributed by atoms with Crippen LogP contribution in [0, 0.1) is 11.3 Å². The summed E-state index contributed by atoms with van der Waals surface area (Å²) in [5.41, 5.74) is 6.39. The van der Waals surface area contributed by atoms with Gasteiger partial charge in [0.2, 0.25) is 0 Å². The van der Waals surface area contributed by atoms with Gasteiger partial charge in [0.1, 0.15) is 11.8 Å². The maximum Gasteiger partial charge on any atom is 0.195 e. The van der Waals surface area contributed by atoms with Crippen molar-refractivity contribution in [1.29, 1.82) is 5.26 Å². The molecule has 4 nitrogen and oxygen atoms in total. The summed E-state index contributed by atoms with van der Waals surface area (Å²) in [4.78, 5) is 15.7. The van der Waals surface area contributed by atoms with E-state index in [4.69, 9.17) is 4.74 Å². The average molecular weight is 394 g/mol. The Labute approximate surface area is 176 Å². The second-order valence-corrected chi connectivity index (χ2v) is 7.83. The highest BCUT2D eigenvalue weighted by Crippen LogP contribution is 2.47. The summed E-state index contributed by atoms with van der Waals surface area (Å²) in [5, 5.41) is 10.1. The smallest absolute Gasteiger partial charge is 0.195 e. The molecular weight excluding hydrogens is 372 g/mol. The van der Waals surface area contributed by atoms with Crippen LogP contribution in [0.1, 0.15) is 40.7 Å². The van der Waals surface area contributed by atoms with Crippen LogP contribution in [0.15, 0.2) is 54.6 Å². The van der Waals surface area contributed by atoms with Gasteiger partial charge in [-0.2, -0.15) is 5.26 Å². The predicted octanol–water partition coefficient (Wildman–Crippen LogP) is 5.44. The van der Waals surface area contributed by atoms with Crippen LogP contribution in [0.5, 0.6) is 5.75 Å². The molecule has 0 atom stereocenters. The SMILES string of the molecule is COc1ccc(-c2cc(N3CCCCC3)c(C#N)c3c2-c2ccccc2C3=O)cc1. The molecule has 1 saturated heterocycles. The molecule has 148 valence electrons. The zero-order valence-corrected chi connectivity index (χ0v) is 16.9. The first-order valence-electron chi connectivity index (χ1n) is 10.4. The largest absolute Gasteiger partial charge is 0.497 e. The van der Waals surface area contributed by atoms with E-state index in [1.807, 2.05) is 48.5 Å². The van der Waals surface area contributed by atoms with Gasteiger partial charge in [-0.05, 0) is 54.2 Å². The molecule has 0 unspecified atom stereocenters. The van der Waals surface area contributed by atoms with E-state index in [-0.39, 0.29) is 5.78 Å². The van der Waals surface area contributed by atoms with Crippen LogP contribution >= 0.6 is 0 Å². The summed E-state index contributed by atoms with van der Waals surface area (Å²) in [6, 6.07) is 20.1. The fraction of sp³-hybridized carbons (Fsp3) is 0.231. The lowest BCUT2D eigenvalue weighted by Crippen LogP contribution is -2.30. The maximum atomic E-state index is 13.4. The Balaban J connectivity index is 1.81. The molecule has 2 aliphatic rings. The third-order valence-corrected chi connectivity index (χ3v) is 6.18. The number of ether oxygens (including phenoxy) is 1. The van der Waals surface area contributed by atoms with E-state index in [0.717, 1.165) is 59.6 Å². The number of piperidine rings is 1. The molecule has 3 aromatic carbocycles. The lowest BCUT2D eigenvalue weighted by Gasteiger charge is -2.31. The van der Waals surface area contributed by atoms with Crippen LogP contribution in [0.4, 0.5) is 5.69 Å². The van der Waals surface area contributed by atoms with Crippen LogP contribution in [0.2, 0.25) is 0 Å². The molecule has 0 bridgehead atoms. The molecule has 0 N–H and O–H groups in total. The second kappa shape index (κ2) is 7.35. The Bertz CT molecular complexity index is 1180. The minimum atomic E-state index is -0.0502. The van der Waals surface area contributed by atoms with Crippen molar-refractivity contribution < 1.29 is 9.53 Å². The van der Waals surface area contributed by atoms with Gasteiger partial charge >= 0.3 is 0 Å². The normalized spacial score (nSPS) is 14.8. The summed E-state index contributed by atoms with van der Waals surface area (Å²) in [6.07, 6.45) is 3.42. The minimum absolute atomic E-state index is 0.0502. The van der Waals surface area contributed by atoms with Crippen molar-refractivity contribution in [3.8, 4) is 34.1 Å². The molecule has 1 aliphatic carbocycles. The molecule has 0 aromatic heterocycles. The summed E-state index contributed by atoms with van der Waals surface area (Å²) in [6.45, 7) is 1.83. The molecule has 3 aromatic rings. The number of fused-ring (bicyclic) bond motifs is 3. The first kappa shape index (κ1) is 18.4. The highest BCUT2D eigenvalue weighted by molar-refractivity contribution is 6.25. The molecule has 1 aliphatic heterocycles. The Kier molecular flexibility index (Phi) is 4.52. The van der Waals surface area contributed by atoms with Gasteiger partial charge in [-0.1, -0.05) is 36.4 Å². The van der Waals surface area contributed by atoms with Crippen LogP contribution in [-0.4, -0.2) is 26.0 Å². The summed E-state index contributed by atoms with van der Waals surface area (Å²) in [5.74, 6) is 0.738. The van der Waals surface area contributed by atoms with Gasteiger partial charge in [0.15, 0.2) is 5.78 Å². The number of nitrogens with zero attached hydrogens (tertiary/aromatic N) is 2. The van der Waals surface area contributed by atoms with Crippen LogP contribution in [0.3, 0.4) is 0 Å². The van der Waals surface area contributed by atoms with Crippen molar-refractivity contribution in [2.24, 2.45) is 0 Å². The molecule has 1 fully saturated rings. The van der Waals surface area contributed by atoms with Gasteiger partial charge in [-0.3, -0.25) is 4.79 Å². The van der Waals surface area contributed by atoms with E-state index in [2.05, 4.69) is 17.0 Å². The summed E-state index contributed by atoms with van der Waals surface area (Å²) in [7, 11) is 1.65. The van der Waals surface area contributed by atoms with E-state index in [1.54, 1.807) is 7.11 Å². The number of hydrogen-bond acceptors (Lipinski definition) is 4. The highest BCUT2D eigenvalue weighted by Gasteiger charge is 2.34. The quantitative estimate of drug-likeness (QED) is 0.465. The number of benzene rings is 3. The van der Waals surface area contributed by atoms with Gasteiger partial charge < -0.3 is 9.64 Å². The Morgan fingerprint density at radius 2 is 1.60 bits per heavy atom. The molecule has 30 heavy (non-hydrogen) atoms. The number of carbonyl (C=O) groups excluding carboxylic acids is 1. The second-order valence-electron chi connectivity index (χ2n) is 7.83. The first-order chi connectivity index (χ1) is 14.7. The molecule has 0 amide bonds. The minimum Gasteiger partial charge on any atom is -0.497 e. The van der Waals surface area contributed by atoms with Crippen LogP contribution in [0.25, 0.3) is 22.3 Å². The van der Waals surface area contributed by atoms with Crippen molar-refractivity contribution in [1.82, 2.24) is 0 Å². The summed E-state index contributed by atoms with van der Waals surface area (Å²) < 4.78 is 5.32. The maximum absolute atomic E-state index is 13.4. The number of methoxy groups -OCH3 is 1. The van der Waals surface area contributed by atoms with Gasteiger partial charge in [0.25, 0.3) is 0 Å². The third kappa shape index (κ3) is 2.78. The molecule has 1 heterocycles. The molecule has 0 radical (unpaired) electrons. The lowest BCUT2D eigenvalue weighted by atomic mass is 9.89. The molecule has 5 rings (SSSR count). The van der Waals surface area contributed by atoms with Gasteiger partial charge in [-0.25, -0.2) is 0 Å². The predicted molar refractivity (Wildman–Crippen MR) is 118 cm³/mol. The van der Waals surface area contributed by atoms with E-state index >= 15 is 0 Å². The molecule has 4 heteroatoms. The number of carbonyl (C=O) groups is 1. The topological polar surface area (TPSA) is 53.3 Å². The summed E-state index contributed by atoms with van der Waals surface area (Å²) >= 11 is 0. The van der Waals surface area contributed by atoms with Crippen molar-refractivity contribution in [3.63, 3.8) is 0 Å². The number of rotatable bonds is 3. The van der Waals surface area contributed by atoms with Gasteiger partial charge in [-0.15, -0.1) is 0 Å². The van der Waals surface area contributed by atoms with Crippen LogP contribution in [-0.2, 0) is 0 Å². The number of ketones is 1. The fourth-order valence-electron chi connectivity index (χ4n) is 4.71. The van der Waals surface area contributed by atoms with Crippen molar-refractivity contribution in [3.05, 3.63) is 71.3 Å². The highest BCUT2D eigenvalue weighted by atomic mass is 16.5. The zero-order valence-electron chi connectivity index (χ0n) is 16.9. The van der Waals surface area contributed by atoms with Crippen LogP contribution < -0.4 is 9.64 Å². The number of nitriles is 1. The third-order valence-electron chi connectivity index (χ3n) is 6.18. The molecular formula is C26H22N2O2. The monoisotopic (exact) mass is 394 g/mol. The van der Waals surface area contributed by atoms with E-state index in [1.165, 1.54) is 6.42 Å². The molecule has 0 spiro atoms. The Morgan fingerprint density at radius 1 is 0.900 bits per heavy atom. The fourth-order valence-corrected chi connectivity index (χ4v) is 4.71. The van der Waals surface area contributed by atoms with E-state index in [0.29, 0.717) is 16.7 Å². The average Bonchev–Trinajstić information content (AvgIpc) is 3.12. The zero-order chi connectivity index (χ0) is 20.7. The van der Waals surface area contributed by atoms with E-state index in [9.17, 15) is 10.1 Å².